The SMILES string of the molecule is CN=C(NCC(C)(C)c1ccccc1C)NC1CC1C.I. The van der Waals surface area contributed by atoms with Crippen molar-refractivity contribution in [1.82, 2.24) is 10.6 Å². The maximum atomic E-state index is 4.32. The quantitative estimate of drug-likeness (QED) is 0.461. The van der Waals surface area contributed by atoms with Crippen molar-refractivity contribution in [2.24, 2.45) is 10.9 Å². The highest BCUT2D eigenvalue weighted by Crippen LogP contribution is 2.29. The van der Waals surface area contributed by atoms with Crippen LogP contribution in [0, 0.1) is 12.8 Å². The number of aryl methyl sites for hydroxylation is 1. The van der Waals surface area contributed by atoms with Crippen molar-refractivity contribution >= 4 is 29.9 Å². The molecule has 1 aromatic carbocycles. The first-order chi connectivity index (χ1) is 9.44. The second kappa shape index (κ2) is 7.47. The lowest BCUT2D eigenvalue weighted by atomic mass is 9.82. The van der Waals surface area contributed by atoms with Crippen molar-refractivity contribution in [3.8, 4) is 0 Å². The number of aliphatic imine (C=N–C) groups is 1. The Morgan fingerprint density at radius 1 is 1.33 bits per heavy atom. The van der Waals surface area contributed by atoms with Gasteiger partial charge in [-0.1, -0.05) is 45.0 Å². The number of guanidine groups is 1. The number of halogens is 1. The van der Waals surface area contributed by atoms with Gasteiger partial charge in [-0.25, -0.2) is 0 Å². The van der Waals surface area contributed by atoms with Crippen LogP contribution in [0.4, 0.5) is 0 Å². The Bertz CT molecular complexity index is 497. The van der Waals surface area contributed by atoms with Crippen LogP contribution in [0.15, 0.2) is 29.3 Å². The van der Waals surface area contributed by atoms with Gasteiger partial charge in [0, 0.05) is 25.0 Å². The van der Waals surface area contributed by atoms with E-state index >= 15 is 0 Å². The number of nitrogens with zero attached hydrogens (tertiary/aromatic N) is 1. The first kappa shape index (κ1) is 18.3. The fourth-order valence-electron chi connectivity index (χ4n) is 2.63. The lowest BCUT2D eigenvalue weighted by Gasteiger charge is -2.28. The molecule has 118 valence electrons. The van der Waals surface area contributed by atoms with Crippen molar-refractivity contribution < 1.29 is 0 Å². The zero-order chi connectivity index (χ0) is 14.8. The van der Waals surface area contributed by atoms with Crippen LogP contribution in [0.2, 0.25) is 0 Å². The number of rotatable bonds is 4. The molecule has 2 rings (SSSR count). The van der Waals surface area contributed by atoms with E-state index in [0.717, 1.165) is 18.4 Å². The third-order valence-electron chi connectivity index (χ3n) is 4.23. The molecule has 1 aliphatic carbocycles. The molecule has 21 heavy (non-hydrogen) atoms. The van der Waals surface area contributed by atoms with E-state index in [-0.39, 0.29) is 29.4 Å². The predicted molar refractivity (Wildman–Crippen MR) is 102 cm³/mol. The zero-order valence-electron chi connectivity index (χ0n) is 13.7. The maximum absolute atomic E-state index is 4.32. The Morgan fingerprint density at radius 3 is 2.48 bits per heavy atom. The monoisotopic (exact) mass is 401 g/mol. The average molecular weight is 401 g/mol. The lowest BCUT2D eigenvalue weighted by Crippen LogP contribution is -2.44. The Hall–Kier alpha value is -0.780. The van der Waals surface area contributed by atoms with Crippen LogP contribution in [0.1, 0.15) is 38.3 Å². The Morgan fingerprint density at radius 2 is 1.95 bits per heavy atom. The average Bonchev–Trinajstić information content (AvgIpc) is 3.10. The molecule has 4 heteroatoms. The molecule has 0 aromatic heterocycles. The van der Waals surface area contributed by atoms with Gasteiger partial charge in [0.05, 0.1) is 0 Å². The van der Waals surface area contributed by atoms with E-state index in [0.29, 0.717) is 6.04 Å². The van der Waals surface area contributed by atoms with E-state index in [1.165, 1.54) is 17.5 Å². The van der Waals surface area contributed by atoms with Crippen LogP contribution >= 0.6 is 24.0 Å². The van der Waals surface area contributed by atoms with Crippen molar-refractivity contribution in [2.45, 2.75) is 45.6 Å². The maximum Gasteiger partial charge on any atom is 0.191 e. The molecule has 0 radical (unpaired) electrons. The van der Waals surface area contributed by atoms with Gasteiger partial charge in [0.1, 0.15) is 0 Å². The summed E-state index contributed by atoms with van der Waals surface area (Å²) in [5, 5.41) is 6.93. The van der Waals surface area contributed by atoms with Crippen LogP contribution in [0.25, 0.3) is 0 Å². The minimum Gasteiger partial charge on any atom is -0.356 e. The van der Waals surface area contributed by atoms with Gasteiger partial charge >= 0.3 is 0 Å². The van der Waals surface area contributed by atoms with E-state index in [1.807, 2.05) is 7.05 Å². The van der Waals surface area contributed by atoms with Gasteiger partial charge in [-0.3, -0.25) is 4.99 Å². The number of hydrogen-bond acceptors (Lipinski definition) is 1. The Labute approximate surface area is 146 Å². The molecule has 0 heterocycles. The fourth-order valence-corrected chi connectivity index (χ4v) is 2.63. The third-order valence-corrected chi connectivity index (χ3v) is 4.23. The van der Waals surface area contributed by atoms with Crippen LogP contribution in [-0.4, -0.2) is 25.6 Å². The van der Waals surface area contributed by atoms with Crippen LogP contribution in [0.5, 0.6) is 0 Å². The number of nitrogens with one attached hydrogen (secondary N) is 2. The van der Waals surface area contributed by atoms with E-state index in [2.05, 4.69) is 67.6 Å². The summed E-state index contributed by atoms with van der Waals surface area (Å²) < 4.78 is 0. The molecule has 1 fully saturated rings. The summed E-state index contributed by atoms with van der Waals surface area (Å²) in [5.41, 5.74) is 2.82. The first-order valence-corrected chi connectivity index (χ1v) is 7.47. The summed E-state index contributed by atoms with van der Waals surface area (Å²) in [6.45, 7) is 9.86. The summed E-state index contributed by atoms with van der Waals surface area (Å²) in [6, 6.07) is 9.20. The fraction of sp³-hybridized carbons (Fsp3) is 0.588. The molecule has 0 aliphatic heterocycles. The summed E-state index contributed by atoms with van der Waals surface area (Å²) in [6.07, 6.45) is 1.25. The van der Waals surface area contributed by atoms with Gasteiger partial charge in [0.2, 0.25) is 0 Å². The van der Waals surface area contributed by atoms with Gasteiger partial charge in [0.15, 0.2) is 5.96 Å². The van der Waals surface area contributed by atoms with E-state index in [9.17, 15) is 0 Å². The summed E-state index contributed by atoms with van der Waals surface area (Å²) in [7, 11) is 1.84. The largest absolute Gasteiger partial charge is 0.356 e. The highest BCUT2D eigenvalue weighted by molar-refractivity contribution is 14.0. The molecule has 1 aliphatic rings. The number of hydrogen-bond donors (Lipinski definition) is 2. The standard InChI is InChI=1S/C17H27N3.HI/c1-12-8-6-7-9-14(12)17(3,4)11-19-16(18-5)20-15-10-13(15)2;/h6-9,13,15H,10-11H2,1-5H3,(H2,18,19,20);1H. The molecule has 2 N–H and O–H groups in total. The summed E-state index contributed by atoms with van der Waals surface area (Å²) in [5.74, 6) is 1.69. The van der Waals surface area contributed by atoms with Crippen LogP contribution in [0.3, 0.4) is 0 Å². The highest BCUT2D eigenvalue weighted by Gasteiger charge is 2.33. The van der Waals surface area contributed by atoms with Gasteiger partial charge in [-0.15, -0.1) is 24.0 Å². The van der Waals surface area contributed by atoms with Crippen molar-refractivity contribution in [2.75, 3.05) is 13.6 Å². The summed E-state index contributed by atoms with van der Waals surface area (Å²) in [4.78, 5) is 4.32. The van der Waals surface area contributed by atoms with Crippen LogP contribution < -0.4 is 10.6 Å². The zero-order valence-corrected chi connectivity index (χ0v) is 16.1. The number of benzene rings is 1. The van der Waals surface area contributed by atoms with Crippen molar-refractivity contribution in [3.63, 3.8) is 0 Å². The Kier molecular flexibility index (Phi) is 6.50. The Balaban J connectivity index is 0.00000220. The van der Waals surface area contributed by atoms with Gasteiger partial charge in [-0.2, -0.15) is 0 Å². The molecule has 3 nitrogen and oxygen atoms in total. The second-order valence-corrected chi connectivity index (χ2v) is 6.59. The lowest BCUT2D eigenvalue weighted by molar-refractivity contribution is 0.505. The second-order valence-electron chi connectivity index (χ2n) is 6.59. The third kappa shape index (κ3) is 4.87. The smallest absolute Gasteiger partial charge is 0.191 e. The predicted octanol–water partition coefficient (Wildman–Crippen LogP) is 3.46. The first-order valence-electron chi connectivity index (χ1n) is 7.47. The normalized spacial score (nSPS) is 21.5. The topological polar surface area (TPSA) is 36.4 Å². The van der Waals surface area contributed by atoms with E-state index in [1.54, 1.807) is 0 Å². The van der Waals surface area contributed by atoms with Gasteiger partial charge in [0.25, 0.3) is 0 Å². The molecule has 0 spiro atoms. The summed E-state index contributed by atoms with van der Waals surface area (Å²) >= 11 is 0. The minimum atomic E-state index is 0. The molecule has 2 unspecified atom stereocenters. The minimum absolute atomic E-state index is 0. The van der Waals surface area contributed by atoms with Crippen molar-refractivity contribution in [1.29, 1.82) is 0 Å². The van der Waals surface area contributed by atoms with Gasteiger partial charge in [-0.05, 0) is 30.4 Å². The molecule has 0 bridgehead atoms. The molecule has 0 saturated heterocycles. The molecule has 0 amide bonds. The molecular formula is C17H28IN3. The van der Waals surface area contributed by atoms with Crippen LogP contribution in [-0.2, 0) is 5.41 Å². The van der Waals surface area contributed by atoms with Crippen molar-refractivity contribution in [3.05, 3.63) is 35.4 Å². The highest BCUT2D eigenvalue weighted by atomic mass is 127. The molecule has 2 atom stereocenters. The molecule has 1 saturated carbocycles. The molecular weight excluding hydrogens is 373 g/mol. The van der Waals surface area contributed by atoms with Gasteiger partial charge < -0.3 is 10.6 Å². The van der Waals surface area contributed by atoms with E-state index < -0.39 is 0 Å². The molecule has 1 aromatic rings. The van der Waals surface area contributed by atoms with E-state index in [4.69, 9.17) is 0 Å².